The summed E-state index contributed by atoms with van der Waals surface area (Å²) in [5.74, 6) is 0.696. The van der Waals surface area contributed by atoms with Crippen molar-refractivity contribution in [3.8, 4) is 0 Å². The van der Waals surface area contributed by atoms with Crippen molar-refractivity contribution in [2.75, 3.05) is 13.6 Å². The number of benzene rings is 1. The molecule has 1 aromatic rings. The molecule has 5 nitrogen and oxygen atoms in total. The van der Waals surface area contributed by atoms with Gasteiger partial charge in [0.05, 0.1) is 5.60 Å². The molecule has 1 aromatic carbocycles. The van der Waals surface area contributed by atoms with Crippen molar-refractivity contribution < 1.29 is 9.90 Å². The highest BCUT2D eigenvalue weighted by Crippen LogP contribution is 2.31. The van der Waals surface area contributed by atoms with Crippen LogP contribution in [-0.2, 0) is 6.42 Å². The number of carbonyl (C=O) groups is 1. The number of aryl methyl sites for hydroxylation is 1. The van der Waals surface area contributed by atoms with Crippen molar-refractivity contribution in [3.05, 3.63) is 35.4 Å². The summed E-state index contributed by atoms with van der Waals surface area (Å²) in [6, 6.07) is 8.70. The Morgan fingerprint density at radius 2 is 2.12 bits per heavy atom. The Morgan fingerprint density at radius 3 is 2.88 bits per heavy atom. The third-order valence-electron chi connectivity index (χ3n) is 5.56. The lowest BCUT2D eigenvalue weighted by Crippen LogP contribution is -2.43. The zero-order chi connectivity index (χ0) is 18.0. The van der Waals surface area contributed by atoms with Crippen LogP contribution in [0.2, 0.25) is 0 Å². The molecule has 1 saturated carbocycles. The lowest BCUT2D eigenvalue weighted by molar-refractivity contribution is 0.0714. The molecule has 1 aliphatic heterocycles. The number of hydrazine groups is 1. The number of nitrogens with one attached hydrogen (secondary N) is 2. The first kappa shape index (κ1) is 18.4. The number of hydrogen-bond donors (Lipinski definition) is 3. The summed E-state index contributed by atoms with van der Waals surface area (Å²) in [7, 11) is 1.88. The highest BCUT2D eigenvalue weighted by atomic mass is 16.3. The molecular formula is C20H31N3O2. The molecule has 1 heterocycles. The molecule has 0 radical (unpaired) electrons. The normalized spacial score (nSPS) is 25.8. The van der Waals surface area contributed by atoms with Gasteiger partial charge in [0.2, 0.25) is 0 Å². The average molecular weight is 345 g/mol. The van der Waals surface area contributed by atoms with E-state index in [9.17, 15) is 9.90 Å². The molecule has 2 aliphatic rings. The number of amides is 1. The first-order valence-electron chi connectivity index (χ1n) is 9.41. The Kier molecular flexibility index (Phi) is 5.46. The SMILES string of the molecule is CN(CC1NNC2CCCC21)C(=O)c1cccc(CCC(C)(C)O)c1. The Balaban J connectivity index is 1.60. The predicted molar refractivity (Wildman–Crippen MR) is 99.2 cm³/mol. The van der Waals surface area contributed by atoms with E-state index in [1.807, 2.05) is 50.1 Å². The molecule has 0 bridgehead atoms. The molecule has 25 heavy (non-hydrogen) atoms. The number of aliphatic hydroxyl groups is 1. The molecule has 3 atom stereocenters. The number of rotatable bonds is 6. The van der Waals surface area contributed by atoms with Crippen LogP contribution in [0.1, 0.15) is 55.5 Å². The summed E-state index contributed by atoms with van der Waals surface area (Å²) in [6.45, 7) is 4.35. The zero-order valence-electron chi connectivity index (χ0n) is 15.6. The van der Waals surface area contributed by atoms with Crippen molar-refractivity contribution in [1.29, 1.82) is 0 Å². The largest absolute Gasteiger partial charge is 0.390 e. The Hall–Kier alpha value is -1.43. The number of hydrogen-bond acceptors (Lipinski definition) is 4. The number of nitrogens with zero attached hydrogens (tertiary/aromatic N) is 1. The first-order chi connectivity index (χ1) is 11.8. The van der Waals surface area contributed by atoms with Crippen LogP contribution in [0.5, 0.6) is 0 Å². The van der Waals surface area contributed by atoms with Crippen molar-refractivity contribution >= 4 is 5.91 Å². The third-order valence-corrected chi connectivity index (χ3v) is 5.56. The third kappa shape index (κ3) is 4.60. The minimum atomic E-state index is -0.685. The van der Waals surface area contributed by atoms with Gasteiger partial charge >= 0.3 is 0 Å². The van der Waals surface area contributed by atoms with Gasteiger partial charge in [-0.2, -0.15) is 0 Å². The quantitative estimate of drug-likeness (QED) is 0.739. The van der Waals surface area contributed by atoms with E-state index in [1.165, 1.54) is 19.3 Å². The maximum atomic E-state index is 12.8. The summed E-state index contributed by atoms with van der Waals surface area (Å²) in [4.78, 5) is 14.6. The molecule has 3 rings (SSSR count). The van der Waals surface area contributed by atoms with E-state index in [2.05, 4.69) is 10.9 Å². The Labute approximate surface area is 150 Å². The summed E-state index contributed by atoms with van der Waals surface area (Å²) in [5.41, 5.74) is 7.89. The van der Waals surface area contributed by atoms with E-state index in [1.54, 1.807) is 0 Å². The van der Waals surface area contributed by atoms with Crippen LogP contribution in [0, 0.1) is 5.92 Å². The van der Waals surface area contributed by atoms with E-state index in [-0.39, 0.29) is 5.91 Å². The van der Waals surface area contributed by atoms with Gasteiger partial charge in [0.1, 0.15) is 0 Å². The zero-order valence-corrected chi connectivity index (χ0v) is 15.6. The van der Waals surface area contributed by atoms with Crippen LogP contribution >= 0.6 is 0 Å². The van der Waals surface area contributed by atoms with Crippen molar-refractivity contribution in [3.63, 3.8) is 0 Å². The maximum Gasteiger partial charge on any atom is 0.253 e. The Bertz CT molecular complexity index is 611. The van der Waals surface area contributed by atoms with Gasteiger partial charge in [0, 0.05) is 31.2 Å². The molecule has 0 aromatic heterocycles. The molecule has 5 heteroatoms. The highest BCUT2D eigenvalue weighted by molar-refractivity contribution is 5.94. The molecule has 1 amide bonds. The molecule has 1 aliphatic carbocycles. The minimum absolute atomic E-state index is 0.0633. The molecular weight excluding hydrogens is 314 g/mol. The van der Waals surface area contributed by atoms with Gasteiger partial charge < -0.3 is 10.0 Å². The summed E-state index contributed by atoms with van der Waals surface area (Å²) in [6.07, 6.45) is 5.20. The molecule has 2 fully saturated rings. The maximum absolute atomic E-state index is 12.8. The second kappa shape index (κ2) is 7.44. The second-order valence-corrected chi connectivity index (χ2v) is 8.29. The van der Waals surface area contributed by atoms with Gasteiger partial charge in [0.25, 0.3) is 5.91 Å². The van der Waals surface area contributed by atoms with Crippen LogP contribution in [0.4, 0.5) is 0 Å². The van der Waals surface area contributed by atoms with Crippen molar-refractivity contribution in [2.45, 2.75) is 63.6 Å². The highest BCUT2D eigenvalue weighted by Gasteiger charge is 2.39. The summed E-state index contributed by atoms with van der Waals surface area (Å²) in [5, 5.41) is 9.89. The van der Waals surface area contributed by atoms with Crippen LogP contribution in [-0.4, -0.2) is 47.2 Å². The van der Waals surface area contributed by atoms with Crippen molar-refractivity contribution in [2.24, 2.45) is 5.92 Å². The van der Waals surface area contributed by atoms with Crippen LogP contribution in [0.3, 0.4) is 0 Å². The fourth-order valence-corrected chi connectivity index (χ4v) is 4.06. The van der Waals surface area contributed by atoms with Crippen LogP contribution in [0.25, 0.3) is 0 Å². The lowest BCUT2D eigenvalue weighted by atomic mass is 9.96. The van der Waals surface area contributed by atoms with Crippen LogP contribution < -0.4 is 10.9 Å². The van der Waals surface area contributed by atoms with E-state index in [4.69, 9.17) is 0 Å². The van der Waals surface area contributed by atoms with Gasteiger partial charge in [-0.25, -0.2) is 0 Å². The van der Waals surface area contributed by atoms with Gasteiger partial charge in [-0.1, -0.05) is 18.6 Å². The van der Waals surface area contributed by atoms with E-state index < -0.39 is 5.60 Å². The lowest BCUT2D eigenvalue weighted by Gasteiger charge is -2.24. The van der Waals surface area contributed by atoms with E-state index in [0.717, 1.165) is 24.1 Å². The molecule has 3 N–H and O–H groups in total. The number of likely N-dealkylation sites (N-methyl/N-ethyl adjacent to an activating group) is 1. The fourth-order valence-electron chi connectivity index (χ4n) is 4.06. The van der Waals surface area contributed by atoms with E-state index in [0.29, 0.717) is 24.4 Å². The number of carbonyl (C=O) groups excluding carboxylic acids is 1. The molecule has 0 spiro atoms. The van der Waals surface area contributed by atoms with Gasteiger partial charge in [0.15, 0.2) is 0 Å². The van der Waals surface area contributed by atoms with Gasteiger partial charge in [-0.05, 0) is 63.1 Å². The molecule has 3 unspecified atom stereocenters. The summed E-state index contributed by atoms with van der Waals surface area (Å²) >= 11 is 0. The average Bonchev–Trinajstić information content (AvgIpc) is 3.17. The van der Waals surface area contributed by atoms with Gasteiger partial charge in [-0.3, -0.25) is 15.6 Å². The monoisotopic (exact) mass is 345 g/mol. The Morgan fingerprint density at radius 1 is 1.32 bits per heavy atom. The predicted octanol–water partition coefficient (Wildman–Crippen LogP) is 2.11. The fraction of sp³-hybridized carbons (Fsp3) is 0.650. The molecule has 1 saturated heterocycles. The van der Waals surface area contributed by atoms with Crippen LogP contribution in [0.15, 0.2) is 24.3 Å². The molecule has 138 valence electrons. The smallest absolute Gasteiger partial charge is 0.253 e. The first-order valence-corrected chi connectivity index (χ1v) is 9.41. The standard InChI is InChI=1S/C20H31N3O2/c1-20(2,25)11-10-14-6-4-7-15(12-14)19(24)23(3)13-18-16-8-5-9-17(16)21-22-18/h4,6-7,12,16-18,21-22,25H,5,8-11,13H2,1-3H3. The minimum Gasteiger partial charge on any atom is -0.390 e. The van der Waals surface area contributed by atoms with E-state index >= 15 is 0 Å². The second-order valence-electron chi connectivity index (χ2n) is 8.29. The topological polar surface area (TPSA) is 64.6 Å². The summed E-state index contributed by atoms with van der Waals surface area (Å²) < 4.78 is 0. The number of fused-ring (bicyclic) bond motifs is 1. The van der Waals surface area contributed by atoms with Crippen molar-refractivity contribution in [1.82, 2.24) is 15.8 Å². The van der Waals surface area contributed by atoms with Gasteiger partial charge in [-0.15, -0.1) is 0 Å².